The minimum atomic E-state index is -3.57. The molecule has 0 amide bonds. The van der Waals surface area contributed by atoms with Crippen LogP contribution >= 0.6 is 11.6 Å². The number of benzene rings is 2. The summed E-state index contributed by atoms with van der Waals surface area (Å²) in [7, 11) is -3.57. The van der Waals surface area contributed by atoms with Gasteiger partial charge < -0.3 is 20.1 Å². The van der Waals surface area contributed by atoms with Crippen molar-refractivity contribution in [3.05, 3.63) is 53.7 Å². The summed E-state index contributed by atoms with van der Waals surface area (Å²) in [5, 5.41) is 6.51. The number of ether oxygens (including phenoxy) is 2. The van der Waals surface area contributed by atoms with Crippen LogP contribution in [0.4, 0.5) is 27.5 Å². The van der Waals surface area contributed by atoms with Gasteiger partial charge in [0.1, 0.15) is 11.5 Å². The highest BCUT2D eigenvalue weighted by atomic mass is 35.5. The molecule has 1 aromatic heterocycles. The third kappa shape index (κ3) is 4.80. The van der Waals surface area contributed by atoms with Gasteiger partial charge in [0.2, 0.25) is 12.7 Å². The molecule has 31 heavy (non-hydrogen) atoms. The van der Waals surface area contributed by atoms with Gasteiger partial charge in [-0.3, -0.25) is 4.39 Å². The molecule has 2 aromatic carbocycles. The first kappa shape index (κ1) is 21.1. The molecule has 0 atom stereocenters. The molecule has 1 aliphatic heterocycles. The Hall–Kier alpha value is -3.11. The Morgan fingerprint density at radius 2 is 2.00 bits per heavy atom. The van der Waals surface area contributed by atoms with E-state index in [-0.39, 0.29) is 29.8 Å². The molecule has 2 heterocycles. The van der Waals surface area contributed by atoms with E-state index in [0.29, 0.717) is 33.7 Å². The van der Waals surface area contributed by atoms with E-state index in [1.54, 1.807) is 30.3 Å². The number of hydrogen-bond acceptors (Lipinski definition) is 8. The average Bonchev–Trinajstić information content (AvgIpc) is 3.24. The van der Waals surface area contributed by atoms with Gasteiger partial charge in [-0.1, -0.05) is 17.7 Å². The fourth-order valence-corrected chi connectivity index (χ4v) is 4.45. The first-order valence-electron chi connectivity index (χ1n) is 9.30. The van der Waals surface area contributed by atoms with Crippen molar-refractivity contribution in [2.75, 3.05) is 29.9 Å². The van der Waals surface area contributed by atoms with Crippen LogP contribution in [0.25, 0.3) is 0 Å². The molecule has 2 N–H and O–H groups in total. The highest BCUT2D eigenvalue weighted by Crippen LogP contribution is 2.44. The lowest BCUT2D eigenvalue weighted by Gasteiger charge is -2.12. The van der Waals surface area contributed by atoms with E-state index in [0.717, 1.165) is 0 Å². The molecule has 8 nitrogen and oxygen atoms in total. The van der Waals surface area contributed by atoms with Crippen LogP contribution in [0, 0.1) is 0 Å². The smallest absolute Gasteiger partial charge is 0.231 e. The van der Waals surface area contributed by atoms with Crippen LogP contribution in [0.5, 0.6) is 11.5 Å². The molecular formula is C20H18ClFN4O4S. The summed E-state index contributed by atoms with van der Waals surface area (Å²) >= 11 is 6.29. The normalized spacial score (nSPS) is 12.6. The molecule has 0 saturated heterocycles. The van der Waals surface area contributed by atoms with E-state index in [1.165, 1.54) is 18.3 Å². The SMILES string of the molecule is O=S(=O)(CCC[18F])c1cccc(Nc2nccc(Nc3c(Cl)ccc4c3OCO4)n2)c1. The largest absolute Gasteiger partial charge is 0.454 e. The van der Waals surface area contributed by atoms with Crippen molar-refractivity contribution >= 4 is 44.6 Å². The molecule has 0 fully saturated rings. The number of hydrogen-bond donors (Lipinski definition) is 2. The summed E-state index contributed by atoms with van der Waals surface area (Å²) in [5.74, 6) is 1.49. The van der Waals surface area contributed by atoms with Crippen LogP contribution in [-0.4, -0.2) is 37.6 Å². The van der Waals surface area contributed by atoms with Crippen LogP contribution in [-0.2, 0) is 9.84 Å². The van der Waals surface area contributed by atoms with Crippen LogP contribution < -0.4 is 20.1 Å². The van der Waals surface area contributed by atoms with Gasteiger partial charge in [-0.2, -0.15) is 4.98 Å². The van der Waals surface area contributed by atoms with Gasteiger partial charge in [-0.15, -0.1) is 0 Å². The number of nitrogens with zero attached hydrogens (tertiary/aromatic N) is 2. The number of halogens is 2. The van der Waals surface area contributed by atoms with E-state index < -0.39 is 16.5 Å². The Bertz CT molecular complexity index is 1210. The Labute approximate surface area is 183 Å². The zero-order valence-corrected chi connectivity index (χ0v) is 17.7. The van der Waals surface area contributed by atoms with E-state index in [2.05, 4.69) is 20.6 Å². The van der Waals surface area contributed by atoms with Gasteiger partial charge in [0.15, 0.2) is 21.3 Å². The number of sulfone groups is 1. The second kappa shape index (κ2) is 8.94. The predicted octanol–water partition coefficient (Wildman–Crippen LogP) is 4.48. The fraction of sp³-hybridized carbons (Fsp3) is 0.200. The first-order chi connectivity index (χ1) is 15.0. The number of alkyl halides is 1. The Morgan fingerprint density at radius 1 is 1.13 bits per heavy atom. The standard InChI is InChI=1S/C20H18ClFN4O4S/c21-15-5-6-16-19(30-12-29-16)18(15)25-17-7-9-23-20(26-17)24-13-3-1-4-14(11-13)31(27,28)10-2-8-22/h1,3-7,9,11H,2,8,10,12H2,(H2,23,24,25,26)/i22-1. The van der Waals surface area contributed by atoms with Crippen molar-refractivity contribution in [2.45, 2.75) is 11.3 Å². The molecule has 0 radical (unpaired) electrons. The van der Waals surface area contributed by atoms with Gasteiger partial charge in [0.25, 0.3) is 0 Å². The molecule has 0 bridgehead atoms. The maximum absolute atomic E-state index is 12.4. The minimum absolute atomic E-state index is 0.0443. The molecule has 0 saturated carbocycles. The van der Waals surface area contributed by atoms with Gasteiger partial charge in [0.05, 0.1) is 22.3 Å². The summed E-state index contributed by atoms with van der Waals surface area (Å²) in [5.41, 5.74) is 0.996. The van der Waals surface area contributed by atoms with Crippen LogP contribution in [0.1, 0.15) is 6.42 Å². The number of nitrogens with one attached hydrogen (secondary N) is 2. The molecule has 1 aliphatic rings. The lowest BCUT2D eigenvalue weighted by molar-refractivity contribution is 0.174. The molecule has 162 valence electrons. The zero-order chi connectivity index (χ0) is 21.8. The third-order valence-corrected chi connectivity index (χ3v) is 6.51. The van der Waals surface area contributed by atoms with Gasteiger partial charge in [-0.05, 0) is 42.8 Å². The lowest BCUT2D eigenvalue weighted by Crippen LogP contribution is -2.08. The Kier molecular flexibility index (Phi) is 6.10. The quantitative estimate of drug-likeness (QED) is 0.504. The monoisotopic (exact) mass is 463 g/mol. The number of rotatable bonds is 8. The maximum atomic E-state index is 12.4. The summed E-state index contributed by atoms with van der Waals surface area (Å²) < 4.78 is 47.8. The lowest BCUT2D eigenvalue weighted by atomic mass is 10.2. The Morgan fingerprint density at radius 3 is 2.84 bits per heavy atom. The summed E-state index contributed by atoms with van der Waals surface area (Å²) in [6, 6.07) is 11.3. The molecule has 0 unspecified atom stereocenters. The van der Waals surface area contributed by atoms with E-state index in [4.69, 9.17) is 21.1 Å². The highest BCUT2D eigenvalue weighted by molar-refractivity contribution is 7.91. The van der Waals surface area contributed by atoms with Crippen molar-refractivity contribution in [2.24, 2.45) is 0 Å². The maximum Gasteiger partial charge on any atom is 0.231 e. The topological polar surface area (TPSA) is 102 Å². The van der Waals surface area contributed by atoms with Crippen molar-refractivity contribution < 1.29 is 22.3 Å². The predicted molar refractivity (Wildman–Crippen MR) is 115 cm³/mol. The average molecular weight is 464 g/mol. The number of anilines is 4. The van der Waals surface area contributed by atoms with Crippen LogP contribution in [0.15, 0.2) is 53.6 Å². The van der Waals surface area contributed by atoms with Gasteiger partial charge in [0, 0.05) is 11.9 Å². The highest BCUT2D eigenvalue weighted by Gasteiger charge is 2.21. The van der Waals surface area contributed by atoms with Crippen molar-refractivity contribution in [3.8, 4) is 11.5 Å². The van der Waals surface area contributed by atoms with E-state index >= 15 is 0 Å². The minimum Gasteiger partial charge on any atom is -0.454 e. The second-order valence-electron chi connectivity index (χ2n) is 6.56. The fourth-order valence-electron chi connectivity index (χ4n) is 2.94. The first-order valence-corrected chi connectivity index (χ1v) is 11.3. The van der Waals surface area contributed by atoms with E-state index in [9.17, 15) is 12.8 Å². The Balaban J connectivity index is 1.54. The van der Waals surface area contributed by atoms with Gasteiger partial charge in [-0.25, -0.2) is 13.4 Å². The molecule has 0 spiro atoms. The third-order valence-electron chi connectivity index (χ3n) is 4.39. The second-order valence-corrected chi connectivity index (χ2v) is 9.08. The number of fused-ring (bicyclic) bond motifs is 1. The zero-order valence-electron chi connectivity index (χ0n) is 16.1. The van der Waals surface area contributed by atoms with Gasteiger partial charge >= 0.3 is 0 Å². The van der Waals surface area contributed by atoms with E-state index in [1.807, 2.05) is 0 Å². The van der Waals surface area contributed by atoms with Crippen molar-refractivity contribution in [3.63, 3.8) is 0 Å². The molecule has 3 aromatic rings. The van der Waals surface area contributed by atoms with Crippen molar-refractivity contribution in [1.29, 1.82) is 0 Å². The van der Waals surface area contributed by atoms with Crippen LogP contribution in [0.2, 0.25) is 5.02 Å². The molecule has 0 aliphatic carbocycles. The molecule has 11 heteroatoms. The van der Waals surface area contributed by atoms with Crippen LogP contribution in [0.3, 0.4) is 0 Å². The molecular weight excluding hydrogens is 446 g/mol. The summed E-state index contributed by atoms with van der Waals surface area (Å²) in [6.07, 6.45) is 1.49. The summed E-state index contributed by atoms with van der Waals surface area (Å²) in [4.78, 5) is 8.65. The molecule has 4 rings (SSSR count). The summed E-state index contributed by atoms with van der Waals surface area (Å²) in [6.45, 7) is -0.581. The number of aromatic nitrogens is 2. The van der Waals surface area contributed by atoms with Crippen molar-refractivity contribution in [1.82, 2.24) is 9.97 Å².